The predicted molar refractivity (Wildman–Crippen MR) is 82.4 cm³/mol. The van der Waals surface area contributed by atoms with Crippen molar-refractivity contribution in [1.29, 1.82) is 0 Å². The van der Waals surface area contributed by atoms with Crippen LogP contribution in [0, 0.1) is 0 Å². The standard InChI is InChI=1S/C17H26N2O/c1-19(13-15-9-5-4-6-10-15)14-17(20)18-16-11-7-2-3-8-12-16/h4-6,9-10,16H,2-3,7-8,11-14H2,1H3,(H,18,20). The second-order valence-electron chi connectivity index (χ2n) is 5.91. The van der Waals surface area contributed by atoms with E-state index >= 15 is 0 Å². The third-order valence-electron chi connectivity index (χ3n) is 3.93. The van der Waals surface area contributed by atoms with Crippen LogP contribution >= 0.6 is 0 Å². The number of nitrogens with one attached hydrogen (secondary N) is 1. The minimum absolute atomic E-state index is 0.162. The molecule has 0 aliphatic heterocycles. The van der Waals surface area contributed by atoms with E-state index in [9.17, 15) is 4.79 Å². The fraction of sp³-hybridized carbons (Fsp3) is 0.588. The Morgan fingerprint density at radius 2 is 1.80 bits per heavy atom. The predicted octanol–water partition coefficient (Wildman–Crippen LogP) is 2.96. The lowest BCUT2D eigenvalue weighted by Crippen LogP contribution is -2.40. The first-order valence-electron chi connectivity index (χ1n) is 7.76. The van der Waals surface area contributed by atoms with Crippen LogP contribution in [0.3, 0.4) is 0 Å². The molecule has 1 aromatic rings. The molecule has 1 amide bonds. The second kappa shape index (κ2) is 8.05. The molecule has 0 radical (unpaired) electrons. The minimum atomic E-state index is 0.162. The van der Waals surface area contributed by atoms with Crippen molar-refractivity contribution in [3.63, 3.8) is 0 Å². The normalized spacial score (nSPS) is 16.9. The van der Waals surface area contributed by atoms with Gasteiger partial charge >= 0.3 is 0 Å². The summed E-state index contributed by atoms with van der Waals surface area (Å²) in [6, 6.07) is 10.7. The van der Waals surface area contributed by atoms with Gasteiger partial charge in [0, 0.05) is 12.6 Å². The largest absolute Gasteiger partial charge is 0.352 e. The summed E-state index contributed by atoms with van der Waals surface area (Å²) in [7, 11) is 2.00. The van der Waals surface area contributed by atoms with Gasteiger partial charge in [0.1, 0.15) is 0 Å². The average molecular weight is 274 g/mol. The number of carbonyl (C=O) groups is 1. The molecule has 0 heterocycles. The maximum absolute atomic E-state index is 12.1. The number of hydrogen-bond donors (Lipinski definition) is 1. The summed E-state index contributed by atoms with van der Waals surface area (Å²) in [4.78, 5) is 14.1. The topological polar surface area (TPSA) is 32.3 Å². The Hall–Kier alpha value is -1.35. The van der Waals surface area contributed by atoms with Crippen LogP contribution in [-0.4, -0.2) is 30.4 Å². The Bertz CT molecular complexity index is 397. The van der Waals surface area contributed by atoms with Gasteiger partial charge in [0.15, 0.2) is 0 Å². The highest BCUT2D eigenvalue weighted by Gasteiger charge is 2.15. The third kappa shape index (κ3) is 5.33. The Labute approximate surface area is 122 Å². The van der Waals surface area contributed by atoms with Crippen molar-refractivity contribution in [3.05, 3.63) is 35.9 Å². The monoisotopic (exact) mass is 274 g/mol. The minimum Gasteiger partial charge on any atom is -0.352 e. The molecule has 0 saturated heterocycles. The molecule has 1 N–H and O–H groups in total. The smallest absolute Gasteiger partial charge is 0.234 e. The zero-order valence-corrected chi connectivity index (χ0v) is 12.5. The van der Waals surface area contributed by atoms with E-state index < -0.39 is 0 Å². The quantitative estimate of drug-likeness (QED) is 0.837. The average Bonchev–Trinajstić information content (AvgIpc) is 2.68. The van der Waals surface area contributed by atoms with E-state index in [-0.39, 0.29) is 5.91 Å². The first-order chi connectivity index (χ1) is 9.74. The number of hydrogen-bond acceptors (Lipinski definition) is 2. The van der Waals surface area contributed by atoms with Gasteiger partial charge in [0.2, 0.25) is 5.91 Å². The van der Waals surface area contributed by atoms with Crippen molar-refractivity contribution < 1.29 is 4.79 Å². The van der Waals surface area contributed by atoms with E-state index in [1.54, 1.807) is 0 Å². The van der Waals surface area contributed by atoms with Crippen LogP contribution in [0.15, 0.2) is 30.3 Å². The van der Waals surface area contributed by atoms with E-state index in [0.717, 1.165) is 19.4 Å². The Balaban J connectivity index is 1.73. The molecule has 1 fully saturated rings. The molecule has 1 aromatic carbocycles. The molecular weight excluding hydrogens is 248 g/mol. The fourth-order valence-electron chi connectivity index (χ4n) is 2.89. The van der Waals surface area contributed by atoms with Gasteiger partial charge < -0.3 is 5.32 Å². The molecule has 0 bridgehead atoms. The molecule has 1 aliphatic rings. The van der Waals surface area contributed by atoms with Gasteiger partial charge in [-0.1, -0.05) is 56.0 Å². The molecule has 20 heavy (non-hydrogen) atoms. The number of benzene rings is 1. The summed E-state index contributed by atoms with van der Waals surface area (Å²) in [6.07, 6.45) is 7.44. The summed E-state index contributed by atoms with van der Waals surface area (Å²) < 4.78 is 0. The van der Waals surface area contributed by atoms with Crippen molar-refractivity contribution in [3.8, 4) is 0 Å². The van der Waals surface area contributed by atoms with Crippen molar-refractivity contribution in [2.24, 2.45) is 0 Å². The summed E-state index contributed by atoms with van der Waals surface area (Å²) in [6.45, 7) is 1.30. The molecule has 3 heteroatoms. The number of likely N-dealkylation sites (N-methyl/N-ethyl adjacent to an activating group) is 1. The zero-order valence-electron chi connectivity index (χ0n) is 12.5. The van der Waals surface area contributed by atoms with E-state index in [0.29, 0.717) is 12.6 Å². The molecular formula is C17H26N2O. The maximum atomic E-state index is 12.1. The molecule has 1 aliphatic carbocycles. The Kier molecular flexibility index (Phi) is 6.06. The Morgan fingerprint density at radius 3 is 2.45 bits per heavy atom. The SMILES string of the molecule is CN(CC(=O)NC1CCCCCC1)Cc1ccccc1. The van der Waals surface area contributed by atoms with Crippen LogP contribution in [0.25, 0.3) is 0 Å². The highest BCUT2D eigenvalue weighted by Crippen LogP contribution is 2.17. The van der Waals surface area contributed by atoms with Crippen LogP contribution in [0.1, 0.15) is 44.1 Å². The molecule has 1 saturated carbocycles. The lowest BCUT2D eigenvalue weighted by Gasteiger charge is -2.20. The van der Waals surface area contributed by atoms with Gasteiger partial charge in [0.25, 0.3) is 0 Å². The highest BCUT2D eigenvalue weighted by atomic mass is 16.2. The summed E-state index contributed by atoms with van der Waals surface area (Å²) >= 11 is 0. The van der Waals surface area contributed by atoms with Crippen molar-refractivity contribution in [2.45, 2.75) is 51.1 Å². The first-order valence-corrected chi connectivity index (χ1v) is 7.76. The van der Waals surface area contributed by atoms with Crippen molar-refractivity contribution in [1.82, 2.24) is 10.2 Å². The van der Waals surface area contributed by atoms with E-state index in [1.807, 2.05) is 25.2 Å². The highest BCUT2D eigenvalue weighted by molar-refractivity contribution is 5.78. The van der Waals surface area contributed by atoms with Crippen LogP contribution in [0.5, 0.6) is 0 Å². The number of rotatable bonds is 5. The van der Waals surface area contributed by atoms with Crippen LogP contribution < -0.4 is 5.32 Å². The van der Waals surface area contributed by atoms with E-state index in [1.165, 1.54) is 31.2 Å². The van der Waals surface area contributed by atoms with E-state index in [4.69, 9.17) is 0 Å². The van der Waals surface area contributed by atoms with Gasteiger partial charge in [-0.15, -0.1) is 0 Å². The fourth-order valence-corrected chi connectivity index (χ4v) is 2.89. The van der Waals surface area contributed by atoms with Gasteiger partial charge in [0.05, 0.1) is 6.54 Å². The third-order valence-corrected chi connectivity index (χ3v) is 3.93. The molecule has 0 aromatic heterocycles. The lowest BCUT2D eigenvalue weighted by atomic mass is 10.1. The Morgan fingerprint density at radius 1 is 1.15 bits per heavy atom. The molecule has 110 valence electrons. The summed E-state index contributed by atoms with van der Waals surface area (Å²) in [5, 5.41) is 3.19. The van der Waals surface area contributed by atoms with Crippen LogP contribution in [0.2, 0.25) is 0 Å². The van der Waals surface area contributed by atoms with Crippen molar-refractivity contribution >= 4 is 5.91 Å². The van der Waals surface area contributed by atoms with Crippen LogP contribution in [-0.2, 0) is 11.3 Å². The molecule has 0 spiro atoms. The molecule has 0 unspecified atom stereocenters. The van der Waals surface area contributed by atoms with Crippen molar-refractivity contribution in [2.75, 3.05) is 13.6 Å². The van der Waals surface area contributed by atoms with Gasteiger partial charge in [-0.3, -0.25) is 9.69 Å². The first kappa shape index (κ1) is 15.0. The lowest BCUT2D eigenvalue weighted by molar-refractivity contribution is -0.122. The molecule has 3 nitrogen and oxygen atoms in total. The summed E-state index contributed by atoms with van der Waals surface area (Å²) in [5.41, 5.74) is 1.25. The van der Waals surface area contributed by atoms with Crippen LogP contribution in [0.4, 0.5) is 0 Å². The maximum Gasteiger partial charge on any atom is 0.234 e. The number of carbonyl (C=O) groups excluding carboxylic acids is 1. The molecule has 0 atom stereocenters. The van der Waals surface area contributed by atoms with E-state index in [2.05, 4.69) is 22.3 Å². The summed E-state index contributed by atoms with van der Waals surface area (Å²) in [5.74, 6) is 0.162. The zero-order chi connectivity index (χ0) is 14.2. The van der Waals surface area contributed by atoms with Gasteiger partial charge in [-0.05, 0) is 25.5 Å². The van der Waals surface area contributed by atoms with Gasteiger partial charge in [-0.25, -0.2) is 0 Å². The number of nitrogens with zero attached hydrogens (tertiary/aromatic N) is 1. The second-order valence-corrected chi connectivity index (χ2v) is 5.91. The van der Waals surface area contributed by atoms with Gasteiger partial charge in [-0.2, -0.15) is 0 Å². The molecule has 2 rings (SSSR count). The number of amides is 1.